The van der Waals surface area contributed by atoms with E-state index in [4.69, 9.17) is 10.7 Å². The van der Waals surface area contributed by atoms with E-state index in [1.165, 1.54) is 6.26 Å². The molecule has 9 heteroatoms. The third-order valence-electron chi connectivity index (χ3n) is 5.91. The van der Waals surface area contributed by atoms with Crippen LogP contribution in [0.1, 0.15) is 12.8 Å². The molecule has 164 valence electrons. The van der Waals surface area contributed by atoms with E-state index in [9.17, 15) is 8.42 Å². The molecule has 4 aromatic rings. The second-order valence-corrected chi connectivity index (χ2v) is 10.2. The van der Waals surface area contributed by atoms with Gasteiger partial charge >= 0.3 is 0 Å². The predicted molar refractivity (Wildman–Crippen MR) is 125 cm³/mol. The van der Waals surface area contributed by atoms with Crippen molar-refractivity contribution in [1.82, 2.24) is 20.2 Å². The van der Waals surface area contributed by atoms with Crippen molar-refractivity contribution in [2.75, 3.05) is 24.2 Å². The molecular formula is C23H24N6O2S. The molecule has 0 spiro atoms. The molecule has 32 heavy (non-hydrogen) atoms. The van der Waals surface area contributed by atoms with Gasteiger partial charge in [-0.2, -0.15) is 5.10 Å². The number of anilines is 1. The Balaban J connectivity index is 1.50. The summed E-state index contributed by atoms with van der Waals surface area (Å²) in [5.41, 5.74) is 10.3. The smallest absolute Gasteiger partial charge is 0.175 e. The second kappa shape index (κ2) is 7.99. The number of sulfone groups is 1. The van der Waals surface area contributed by atoms with E-state index in [1.807, 2.05) is 30.3 Å². The number of aromatic nitrogens is 4. The van der Waals surface area contributed by atoms with E-state index >= 15 is 0 Å². The normalized spacial score (nSPS) is 15.4. The number of aromatic amines is 1. The third kappa shape index (κ3) is 3.96. The van der Waals surface area contributed by atoms with Crippen molar-refractivity contribution in [1.29, 1.82) is 0 Å². The Bertz CT molecular complexity index is 1370. The molecule has 3 heterocycles. The lowest BCUT2D eigenvalue weighted by Crippen LogP contribution is -2.40. The summed E-state index contributed by atoms with van der Waals surface area (Å²) in [6.45, 7) is 1.74. The number of benzene rings is 2. The van der Waals surface area contributed by atoms with E-state index in [2.05, 4.69) is 20.1 Å². The van der Waals surface area contributed by atoms with Crippen LogP contribution in [0, 0.1) is 0 Å². The lowest BCUT2D eigenvalue weighted by atomic mass is 10.0. The van der Waals surface area contributed by atoms with Crippen molar-refractivity contribution in [3.8, 4) is 22.5 Å². The van der Waals surface area contributed by atoms with Gasteiger partial charge in [0, 0.05) is 30.8 Å². The summed E-state index contributed by atoms with van der Waals surface area (Å²) >= 11 is 0. The molecule has 0 aliphatic carbocycles. The number of piperidine rings is 1. The molecule has 2 aromatic heterocycles. The lowest BCUT2D eigenvalue weighted by molar-refractivity contribution is 0.498. The molecule has 1 saturated heterocycles. The second-order valence-electron chi connectivity index (χ2n) is 8.22. The van der Waals surface area contributed by atoms with Crippen LogP contribution in [0.15, 0.2) is 59.8 Å². The van der Waals surface area contributed by atoms with E-state index in [0.717, 1.165) is 59.5 Å². The molecule has 5 rings (SSSR count). The summed E-state index contributed by atoms with van der Waals surface area (Å²) in [4.78, 5) is 11.8. The number of hydrogen-bond donors (Lipinski definition) is 2. The summed E-state index contributed by atoms with van der Waals surface area (Å²) in [5.74, 6) is 0.832. The van der Waals surface area contributed by atoms with E-state index in [0.29, 0.717) is 10.6 Å². The molecule has 1 fully saturated rings. The summed E-state index contributed by atoms with van der Waals surface area (Å²) in [6.07, 6.45) is 6.60. The van der Waals surface area contributed by atoms with Crippen LogP contribution < -0.4 is 10.6 Å². The van der Waals surface area contributed by atoms with Gasteiger partial charge < -0.3 is 10.6 Å². The highest BCUT2D eigenvalue weighted by Gasteiger charge is 2.19. The Morgan fingerprint density at radius 1 is 1.03 bits per heavy atom. The van der Waals surface area contributed by atoms with Crippen molar-refractivity contribution in [2.45, 2.75) is 23.8 Å². The fraction of sp³-hybridized carbons (Fsp3) is 0.261. The van der Waals surface area contributed by atoms with Crippen LogP contribution >= 0.6 is 0 Å². The Morgan fingerprint density at radius 2 is 1.75 bits per heavy atom. The average molecular weight is 449 g/mol. The first-order chi connectivity index (χ1) is 15.4. The zero-order chi connectivity index (χ0) is 22.3. The number of nitrogens with one attached hydrogen (secondary N) is 1. The van der Waals surface area contributed by atoms with Gasteiger partial charge in [-0.25, -0.2) is 13.4 Å². The molecule has 3 N–H and O–H groups in total. The maximum Gasteiger partial charge on any atom is 0.175 e. The minimum absolute atomic E-state index is 0.252. The fourth-order valence-electron chi connectivity index (χ4n) is 4.03. The molecule has 1 aliphatic heterocycles. The fourth-order valence-corrected chi connectivity index (χ4v) is 4.66. The molecule has 0 atom stereocenters. The molecule has 1 aliphatic rings. The molecule has 0 radical (unpaired) electrons. The van der Waals surface area contributed by atoms with Gasteiger partial charge in [0.25, 0.3) is 0 Å². The van der Waals surface area contributed by atoms with Crippen LogP contribution in [-0.4, -0.2) is 54.0 Å². The van der Waals surface area contributed by atoms with Crippen molar-refractivity contribution in [3.05, 3.63) is 54.9 Å². The van der Waals surface area contributed by atoms with Crippen molar-refractivity contribution in [2.24, 2.45) is 5.73 Å². The molecule has 0 amide bonds. The van der Waals surface area contributed by atoms with Gasteiger partial charge in [-0.3, -0.25) is 10.1 Å². The van der Waals surface area contributed by atoms with Gasteiger partial charge in [0.2, 0.25) is 0 Å². The zero-order valence-corrected chi connectivity index (χ0v) is 18.5. The molecule has 8 nitrogen and oxygen atoms in total. The topological polar surface area (TPSA) is 118 Å². The lowest BCUT2D eigenvalue weighted by Gasteiger charge is -2.30. The van der Waals surface area contributed by atoms with Gasteiger partial charge in [0.15, 0.2) is 9.84 Å². The summed E-state index contributed by atoms with van der Waals surface area (Å²) in [7, 11) is -3.23. The van der Waals surface area contributed by atoms with Gasteiger partial charge in [-0.05, 0) is 48.2 Å². The Kier molecular flexibility index (Phi) is 5.15. The van der Waals surface area contributed by atoms with Crippen molar-refractivity contribution in [3.63, 3.8) is 0 Å². The predicted octanol–water partition coefficient (Wildman–Crippen LogP) is 3.02. The van der Waals surface area contributed by atoms with Crippen LogP contribution in [0.25, 0.3) is 33.4 Å². The summed E-state index contributed by atoms with van der Waals surface area (Å²) in [5, 5.41) is 8.50. The highest BCUT2D eigenvalue weighted by Crippen LogP contribution is 2.31. The van der Waals surface area contributed by atoms with Gasteiger partial charge in [-0.15, -0.1) is 0 Å². The molecule has 0 saturated carbocycles. The average Bonchev–Trinajstić information content (AvgIpc) is 3.22. The number of nitrogens with zero attached hydrogens (tertiary/aromatic N) is 4. The van der Waals surface area contributed by atoms with Crippen LogP contribution in [0.3, 0.4) is 0 Å². The highest BCUT2D eigenvalue weighted by atomic mass is 32.2. The van der Waals surface area contributed by atoms with E-state index in [-0.39, 0.29) is 6.04 Å². The zero-order valence-electron chi connectivity index (χ0n) is 17.7. The quantitative estimate of drug-likeness (QED) is 0.493. The standard InChI is InChI=1S/C23H24N6O2S/c1-32(30,31)18-5-2-15(3-6-18)16-4-7-20-19(12-16)23(28-27-20)21-13-25-14-22(26-21)29-10-8-17(24)9-11-29/h2-7,12-14,17H,8-11,24H2,1H3,(H,27,28). The highest BCUT2D eigenvalue weighted by molar-refractivity contribution is 7.90. The minimum atomic E-state index is -3.23. The first kappa shape index (κ1) is 20.6. The van der Waals surface area contributed by atoms with Crippen molar-refractivity contribution < 1.29 is 8.42 Å². The van der Waals surface area contributed by atoms with Gasteiger partial charge in [0.05, 0.1) is 22.8 Å². The molecule has 0 bridgehead atoms. The molecular weight excluding hydrogens is 424 g/mol. The number of rotatable bonds is 4. The van der Waals surface area contributed by atoms with Gasteiger partial charge in [-0.1, -0.05) is 18.2 Å². The Hall–Kier alpha value is -3.30. The number of fused-ring (bicyclic) bond motifs is 1. The first-order valence-electron chi connectivity index (χ1n) is 10.5. The Labute approximate surface area is 186 Å². The first-order valence-corrected chi connectivity index (χ1v) is 12.4. The van der Waals surface area contributed by atoms with Crippen LogP contribution in [0.2, 0.25) is 0 Å². The van der Waals surface area contributed by atoms with Crippen LogP contribution in [0.4, 0.5) is 5.82 Å². The van der Waals surface area contributed by atoms with E-state index in [1.54, 1.807) is 24.5 Å². The van der Waals surface area contributed by atoms with Crippen LogP contribution in [-0.2, 0) is 9.84 Å². The maximum atomic E-state index is 11.7. The molecule has 0 unspecified atom stereocenters. The number of hydrogen-bond acceptors (Lipinski definition) is 7. The van der Waals surface area contributed by atoms with E-state index < -0.39 is 9.84 Å². The summed E-state index contributed by atoms with van der Waals surface area (Å²) < 4.78 is 23.5. The number of H-pyrrole nitrogens is 1. The van der Waals surface area contributed by atoms with Crippen molar-refractivity contribution >= 4 is 26.6 Å². The van der Waals surface area contributed by atoms with Gasteiger partial charge in [0.1, 0.15) is 17.2 Å². The SMILES string of the molecule is CS(=O)(=O)c1ccc(-c2ccc3[nH]nc(-c4cncc(N5CCC(N)CC5)n4)c3c2)cc1. The maximum absolute atomic E-state index is 11.7. The largest absolute Gasteiger partial charge is 0.355 e. The van der Waals surface area contributed by atoms with Crippen LogP contribution in [0.5, 0.6) is 0 Å². The third-order valence-corrected chi connectivity index (χ3v) is 7.04. The Morgan fingerprint density at radius 3 is 2.47 bits per heavy atom. The minimum Gasteiger partial charge on any atom is -0.355 e. The number of nitrogens with two attached hydrogens (primary N) is 1. The monoisotopic (exact) mass is 448 g/mol. The molecule has 2 aromatic carbocycles. The summed E-state index contributed by atoms with van der Waals surface area (Å²) in [6, 6.07) is 13.1.